The van der Waals surface area contributed by atoms with E-state index < -0.39 is 5.54 Å². The van der Waals surface area contributed by atoms with E-state index in [1.807, 2.05) is 0 Å². The summed E-state index contributed by atoms with van der Waals surface area (Å²) in [5.41, 5.74) is -0.535. The zero-order valence-corrected chi connectivity index (χ0v) is 12.2. The van der Waals surface area contributed by atoms with Crippen molar-refractivity contribution in [3.8, 4) is 0 Å². The maximum Gasteiger partial charge on any atom is 0.256 e. The summed E-state index contributed by atoms with van der Waals surface area (Å²) in [7, 11) is 0. The topological polar surface area (TPSA) is 49.4 Å². The van der Waals surface area contributed by atoms with Crippen molar-refractivity contribution in [2.24, 2.45) is 0 Å². The second-order valence-electron chi connectivity index (χ2n) is 4.90. The van der Waals surface area contributed by atoms with Gasteiger partial charge in [-0.3, -0.25) is 9.59 Å². The van der Waals surface area contributed by atoms with Crippen LogP contribution in [0.1, 0.15) is 24.2 Å². The fraction of sp³-hybridized carbons (Fsp3) is 0.385. The van der Waals surface area contributed by atoms with E-state index in [1.165, 1.54) is 11.0 Å². The van der Waals surface area contributed by atoms with Gasteiger partial charge in [-0.2, -0.15) is 0 Å². The molecule has 6 heteroatoms. The molecule has 1 aliphatic heterocycles. The van der Waals surface area contributed by atoms with Crippen molar-refractivity contribution in [1.29, 1.82) is 0 Å². The van der Waals surface area contributed by atoms with Crippen LogP contribution in [-0.2, 0) is 4.79 Å². The number of rotatable bonds is 1. The summed E-state index contributed by atoms with van der Waals surface area (Å²) in [4.78, 5) is 25.9. The number of carbonyl (C=O) groups is 2. The largest absolute Gasteiger partial charge is 0.352 e. The van der Waals surface area contributed by atoms with Gasteiger partial charge in [-0.25, -0.2) is 0 Å². The molecule has 0 aromatic heterocycles. The van der Waals surface area contributed by atoms with Crippen LogP contribution in [0.3, 0.4) is 0 Å². The molecule has 1 heterocycles. The van der Waals surface area contributed by atoms with Crippen molar-refractivity contribution in [3.63, 3.8) is 0 Å². The molecule has 1 aromatic carbocycles. The van der Waals surface area contributed by atoms with Gasteiger partial charge in [0.1, 0.15) is 5.54 Å². The number of halogens is 2. The Morgan fingerprint density at radius 2 is 2.05 bits per heavy atom. The molecule has 0 bridgehead atoms. The zero-order chi connectivity index (χ0) is 14.2. The average Bonchev–Trinajstić information content (AvgIpc) is 2.32. The normalized spacial score (nSPS) is 18.1. The number of nitrogens with one attached hydrogen (secondary N) is 1. The van der Waals surface area contributed by atoms with Crippen LogP contribution in [0, 0.1) is 0 Å². The van der Waals surface area contributed by atoms with Gasteiger partial charge in [-0.05, 0) is 32.0 Å². The number of amides is 2. The molecule has 0 saturated carbocycles. The number of hydrogen-bond acceptors (Lipinski definition) is 2. The standard InChI is InChI=1S/C13H14Cl2N2O2/c1-13(2)12(19)16-5-6-17(13)11(18)9-4-3-8(14)7-10(9)15/h3-4,7H,5-6H2,1-2H3,(H,16,19). The Hall–Kier alpha value is -1.26. The molecule has 0 spiro atoms. The van der Waals surface area contributed by atoms with Gasteiger partial charge < -0.3 is 10.2 Å². The van der Waals surface area contributed by atoms with E-state index in [9.17, 15) is 9.59 Å². The predicted octanol–water partition coefficient (Wildman–Crippen LogP) is 2.34. The van der Waals surface area contributed by atoms with Gasteiger partial charge in [0.2, 0.25) is 5.91 Å². The lowest BCUT2D eigenvalue weighted by Gasteiger charge is -2.41. The number of nitrogens with zero attached hydrogens (tertiary/aromatic N) is 1. The first-order valence-corrected chi connectivity index (χ1v) is 6.65. The molecule has 1 saturated heterocycles. The van der Waals surface area contributed by atoms with Crippen molar-refractivity contribution in [1.82, 2.24) is 10.2 Å². The molecular formula is C13H14Cl2N2O2. The summed E-state index contributed by atoms with van der Waals surface area (Å²) in [5, 5.41) is 3.51. The lowest BCUT2D eigenvalue weighted by molar-refractivity contribution is -0.133. The third-order valence-corrected chi connectivity index (χ3v) is 3.81. The van der Waals surface area contributed by atoms with E-state index in [-0.39, 0.29) is 11.8 Å². The second kappa shape index (κ2) is 5.02. The number of carbonyl (C=O) groups excluding carboxylic acids is 2. The highest BCUT2D eigenvalue weighted by Gasteiger charge is 2.41. The molecule has 19 heavy (non-hydrogen) atoms. The van der Waals surface area contributed by atoms with E-state index in [0.717, 1.165) is 0 Å². The van der Waals surface area contributed by atoms with Crippen LogP contribution in [0.15, 0.2) is 18.2 Å². The summed E-state index contributed by atoms with van der Waals surface area (Å²) in [6, 6.07) is 4.71. The summed E-state index contributed by atoms with van der Waals surface area (Å²) in [6.07, 6.45) is 0. The van der Waals surface area contributed by atoms with Gasteiger partial charge in [0, 0.05) is 18.1 Å². The smallest absolute Gasteiger partial charge is 0.256 e. The monoisotopic (exact) mass is 300 g/mol. The van der Waals surface area contributed by atoms with E-state index in [2.05, 4.69) is 5.32 Å². The number of hydrogen-bond donors (Lipinski definition) is 1. The van der Waals surface area contributed by atoms with Crippen LogP contribution in [0.4, 0.5) is 0 Å². The summed E-state index contributed by atoms with van der Waals surface area (Å²) in [6.45, 7) is 4.32. The minimum Gasteiger partial charge on any atom is -0.352 e. The van der Waals surface area contributed by atoms with Gasteiger partial charge in [-0.15, -0.1) is 0 Å². The highest BCUT2D eigenvalue weighted by Crippen LogP contribution is 2.26. The molecule has 2 rings (SSSR count). The predicted molar refractivity (Wildman–Crippen MR) is 74.6 cm³/mol. The SMILES string of the molecule is CC1(C)C(=O)NCCN1C(=O)c1ccc(Cl)cc1Cl. The molecule has 1 fully saturated rings. The van der Waals surface area contributed by atoms with Crippen LogP contribution >= 0.6 is 23.2 Å². The third kappa shape index (κ3) is 2.55. The molecule has 0 radical (unpaired) electrons. The molecule has 1 aromatic rings. The fourth-order valence-electron chi connectivity index (χ4n) is 2.06. The molecule has 1 aliphatic rings. The molecule has 0 atom stereocenters. The summed E-state index contributed by atoms with van der Waals surface area (Å²) < 4.78 is 0. The van der Waals surface area contributed by atoms with E-state index in [0.29, 0.717) is 28.7 Å². The minimum absolute atomic E-state index is 0.169. The molecule has 2 amide bonds. The second-order valence-corrected chi connectivity index (χ2v) is 5.74. The lowest BCUT2D eigenvalue weighted by Crippen LogP contribution is -2.63. The van der Waals surface area contributed by atoms with Crippen LogP contribution < -0.4 is 5.32 Å². The molecule has 0 aliphatic carbocycles. The Balaban J connectivity index is 2.35. The van der Waals surface area contributed by atoms with E-state index >= 15 is 0 Å². The van der Waals surface area contributed by atoms with Crippen molar-refractivity contribution in [2.75, 3.05) is 13.1 Å². The maximum atomic E-state index is 12.5. The van der Waals surface area contributed by atoms with Crippen LogP contribution in [0.5, 0.6) is 0 Å². The molecule has 102 valence electrons. The van der Waals surface area contributed by atoms with E-state index in [4.69, 9.17) is 23.2 Å². The van der Waals surface area contributed by atoms with Crippen molar-refractivity contribution >= 4 is 35.0 Å². The van der Waals surface area contributed by atoms with Crippen LogP contribution in [0.2, 0.25) is 10.0 Å². The summed E-state index contributed by atoms with van der Waals surface area (Å²) in [5.74, 6) is -0.432. The van der Waals surface area contributed by atoms with Crippen molar-refractivity contribution < 1.29 is 9.59 Å². The maximum absolute atomic E-state index is 12.5. The Bertz CT molecular complexity index is 543. The van der Waals surface area contributed by atoms with Crippen LogP contribution in [-0.4, -0.2) is 35.3 Å². The fourth-order valence-corrected chi connectivity index (χ4v) is 2.55. The van der Waals surface area contributed by atoms with Gasteiger partial charge in [0.25, 0.3) is 5.91 Å². The highest BCUT2D eigenvalue weighted by molar-refractivity contribution is 6.36. The van der Waals surface area contributed by atoms with Crippen LogP contribution in [0.25, 0.3) is 0 Å². The first-order valence-electron chi connectivity index (χ1n) is 5.89. The quantitative estimate of drug-likeness (QED) is 0.865. The Morgan fingerprint density at radius 3 is 2.68 bits per heavy atom. The average molecular weight is 301 g/mol. The zero-order valence-electron chi connectivity index (χ0n) is 10.7. The number of piperazine rings is 1. The van der Waals surface area contributed by atoms with E-state index in [1.54, 1.807) is 26.0 Å². The first-order chi connectivity index (χ1) is 8.84. The Morgan fingerprint density at radius 1 is 1.37 bits per heavy atom. The summed E-state index contributed by atoms with van der Waals surface area (Å²) >= 11 is 11.9. The van der Waals surface area contributed by atoms with Gasteiger partial charge >= 0.3 is 0 Å². The van der Waals surface area contributed by atoms with Crippen molar-refractivity contribution in [3.05, 3.63) is 33.8 Å². The van der Waals surface area contributed by atoms with Gasteiger partial charge in [0.15, 0.2) is 0 Å². The molecule has 4 nitrogen and oxygen atoms in total. The molecule has 1 N–H and O–H groups in total. The van der Waals surface area contributed by atoms with Gasteiger partial charge in [-0.1, -0.05) is 23.2 Å². The van der Waals surface area contributed by atoms with Crippen molar-refractivity contribution in [2.45, 2.75) is 19.4 Å². The Kier molecular flexibility index (Phi) is 3.74. The highest BCUT2D eigenvalue weighted by atomic mass is 35.5. The minimum atomic E-state index is -0.891. The Labute approximate surface area is 121 Å². The molecular weight excluding hydrogens is 287 g/mol. The third-order valence-electron chi connectivity index (χ3n) is 3.26. The molecule has 0 unspecified atom stereocenters. The number of benzene rings is 1. The lowest BCUT2D eigenvalue weighted by atomic mass is 9.97. The first kappa shape index (κ1) is 14.2. The van der Waals surface area contributed by atoms with Gasteiger partial charge in [0.05, 0.1) is 10.6 Å².